The number of hydrogen-bond acceptors (Lipinski definition) is 2. The molecule has 0 aliphatic rings. The number of nitrogens with two attached hydrogens (primary N) is 1. The van der Waals surface area contributed by atoms with Gasteiger partial charge >= 0.3 is 24.6 Å². The van der Waals surface area contributed by atoms with E-state index >= 15 is 0 Å². The molecule has 0 bridgehead atoms. The standard InChI is InChI=1S/C11H8F9NO.ClH/c12-8(13)10(16,17)22-6-3-1-5(2-4-6)7(21)9(14,15)11(18,19)20;/h1-4,7-8H,21H2;1H/t7-;/m0./s1. The summed E-state index contributed by atoms with van der Waals surface area (Å²) in [5, 5.41) is 0. The van der Waals surface area contributed by atoms with Gasteiger partial charge in [0.2, 0.25) is 0 Å². The fourth-order valence-electron chi connectivity index (χ4n) is 1.33. The van der Waals surface area contributed by atoms with E-state index in [2.05, 4.69) is 4.74 Å². The molecule has 0 amide bonds. The lowest BCUT2D eigenvalue weighted by Crippen LogP contribution is -2.45. The molecule has 0 aliphatic heterocycles. The van der Waals surface area contributed by atoms with Gasteiger partial charge in [-0.25, -0.2) is 0 Å². The summed E-state index contributed by atoms with van der Waals surface area (Å²) >= 11 is 0. The number of alkyl halides is 9. The molecule has 1 aromatic rings. The fraction of sp³-hybridized carbons (Fsp3) is 0.455. The third-order valence-electron chi connectivity index (χ3n) is 2.52. The quantitative estimate of drug-likeness (QED) is 0.765. The number of ether oxygens (including phenoxy) is 1. The van der Waals surface area contributed by atoms with Crippen LogP contribution in [-0.4, -0.2) is 24.6 Å². The minimum atomic E-state index is -5.91. The summed E-state index contributed by atoms with van der Waals surface area (Å²) in [4.78, 5) is 0. The van der Waals surface area contributed by atoms with Crippen LogP contribution in [0.1, 0.15) is 11.6 Å². The monoisotopic (exact) mass is 377 g/mol. The molecule has 12 heteroatoms. The average Bonchev–Trinajstić information content (AvgIpc) is 2.36. The second kappa shape index (κ2) is 7.04. The molecular formula is C11H9ClF9NO. The number of hydrogen-bond donors (Lipinski definition) is 1. The van der Waals surface area contributed by atoms with Gasteiger partial charge in [-0.1, -0.05) is 12.1 Å². The van der Waals surface area contributed by atoms with Crippen molar-refractivity contribution >= 4 is 12.4 Å². The van der Waals surface area contributed by atoms with Gasteiger partial charge in [-0.15, -0.1) is 12.4 Å². The predicted molar refractivity (Wildman–Crippen MR) is 63.2 cm³/mol. The Bertz CT molecular complexity index is 503. The lowest BCUT2D eigenvalue weighted by Gasteiger charge is -2.26. The van der Waals surface area contributed by atoms with Crippen LogP contribution < -0.4 is 10.5 Å². The highest BCUT2D eigenvalue weighted by Crippen LogP contribution is 2.43. The Kier molecular flexibility index (Phi) is 6.62. The van der Waals surface area contributed by atoms with Crippen LogP contribution in [0.2, 0.25) is 0 Å². The van der Waals surface area contributed by atoms with Gasteiger partial charge in [0.25, 0.3) is 0 Å². The summed E-state index contributed by atoms with van der Waals surface area (Å²) in [5.41, 5.74) is 4.06. The van der Waals surface area contributed by atoms with Gasteiger partial charge < -0.3 is 10.5 Å². The van der Waals surface area contributed by atoms with Crippen molar-refractivity contribution in [2.75, 3.05) is 0 Å². The highest BCUT2D eigenvalue weighted by Gasteiger charge is 2.61. The minimum absolute atomic E-state index is 0. The largest absolute Gasteiger partial charge is 0.461 e. The molecule has 0 saturated carbocycles. The molecule has 2 nitrogen and oxygen atoms in total. The molecule has 1 rings (SSSR count). The van der Waals surface area contributed by atoms with E-state index in [1.807, 2.05) is 0 Å². The van der Waals surface area contributed by atoms with E-state index in [-0.39, 0.29) is 12.4 Å². The Hall–Kier alpha value is -1.36. The van der Waals surface area contributed by atoms with Crippen LogP contribution in [0.3, 0.4) is 0 Å². The molecule has 1 aromatic carbocycles. The molecule has 0 aromatic heterocycles. The van der Waals surface area contributed by atoms with Gasteiger partial charge in [-0.2, -0.15) is 39.5 Å². The number of rotatable bonds is 5. The van der Waals surface area contributed by atoms with E-state index in [0.717, 1.165) is 0 Å². The highest BCUT2D eigenvalue weighted by molar-refractivity contribution is 5.85. The molecule has 0 fully saturated rings. The SMILES string of the molecule is Cl.N[C@@H](c1ccc(OC(F)(F)C(F)F)cc1)C(F)(F)C(F)(F)F. The lowest BCUT2D eigenvalue weighted by atomic mass is 10.0. The maximum absolute atomic E-state index is 13.0. The zero-order valence-electron chi connectivity index (χ0n) is 10.8. The maximum Gasteiger partial charge on any atom is 0.461 e. The smallest absolute Gasteiger partial charge is 0.428 e. The minimum Gasteiger partial charge on any atom is -0.428 e. The zero-order chi connectivity index (χ0) is 17.3. The third kappa shape index (κ3) is 4.80. The summed E-state index contributed by atoms with van der Waals surface area (Å²) in [7, 11) is 0. The van der Waals surface area contributed by atoms with Crippen LogP contribution in [0.15, 0.2) is 24.3 Å². The Morgan fingerprint density at radius 1 is 0.870 bits per heavy atom. The first-order chi connectivity index (χ1) is 9.79. The van der Waals surface area contributed by atoms with Crippen LogP contribution in [0.5, 0.6) is 5.75 Å². The third-order valence-corrected chi connectivity index (χ3v) is 2.52. The average molecular weight is 378 g/mol. The molecule has 134 valence electrons. The van der Waals surface area contributed by atoms with Gasteiger partial charge in [0.1, 0.15) is 11.8 Å². The van der Waals surface area contributed by atoms with Crippen molar-refractivity contribution in [3.05, 3.63) is 29.8 Å². The van der Waals surface area contributed by atoms with Crippen LogP contribution in [0.25, 0.3) is 0 Å². The molecule has 0 saturated heterocycles. The summed E-state index contributed by atoms with van der Waals surface area (Å²) in [6, 6.07) is -0.657. The Morgan fingerprint density at radius 3 is 1.65 bits per heavy atom. The highest BCUT2D eigenvalue weighted by atomic mass is 35.5. The van der Waals surface area contributed by atoms with E-state index in [9.17, 15) is 39.5 Å². The van der Waals surface area contributed by atoms with Gasteiger partial charge in [-0.05, 0) is 17.7 Å². The van der Waals surface area contributed by atoms with E-state index in [1.165, 1.54) is 0 Å². The summed E-state index contributed by atoms with van der Waals surface area (Å²) in [6.07, 6.45) is -14.9. The Balaban J connectivity index is 0.00000484. The van der Waals surface area contributed by atoms with Crippen molar-refractivity contribution in [1.29, 1.82) is 0 Å². The molecule has 23 heavy (non-hydrogen) atoms. The molecule has 0 heterocycles. The van der Waals surface area contributed by atoms with Crippen LogP contribution in [0.4, 0.5) is 39.5 Å². The number of halogens is 10. The summed E-state index contributed by atoms with van der Waals surface area (Å²) in [5.74, 6) is -6.11. The Labute approximate surface area is 129 Å². The van der Waals surface area contributed by atoms with Crippen LogP contribution >= 0.6 is 12.4 Å². The van der Waals surface area contributed by atoms with E-state index in [1.54, 1.807) is 0 Å². The molecular weight excluding hydrogens is 369 g/mol. The van der Waals surface area contributed by atoms with Crippen molar-refractivity contribution in [3.8, 4) is 5.75 Å². The lowest BCUT2D eigenvalue weighted by molar-refractivity contribution is -0.291. The zero-order valence-corrected chi connectivity index (χ0v) is 11.6. The molecule has 2 N–H and O–H groups in total. The second-order valence-electron chi connectivity index (χ2n) is 4.13. The van der Waals surface area contributed by atoms with Crippen molar-refractivity contribution in [2.24, 2.45) is 5.73 Å². The second-order valence-corrected chi connectivity index (χ2v) is 4.13. The van der Waals surface area contributed by atoms with Gasteiger partial charge in [-0.3, -0.25) is 0 Å². The van der Waals surface area contributed by atoms with Gasteiger partial charge in [0.15, 0.2) is 0 Å². The van der Waals surface area contributed by atoms with E-state index in [0.29, 0.717) is 24.3 Å². The van der Waals surface area contributed by atoms with Gasteiger partial charge in [0, 0.05) is 0 Å². The maximum atomic E-state index is 13.0. The molecule has 0 unspecified atom stereocenters. The molecule has 1 atom stereocenters. The van der Waals surface area contributed by atoms with E-state index in [4.69, 9.17) is 5.73 Å². The first-order valence-corrected chi connectivity index (χ1v) is 5.44. The van der Waals surface area contributed by atoms with E-state index < -0.39 is 42.0 Å². The summed E-state index contributed by atoms with van der Waals surface area (Å²) < 4.78 is 115. The number of benzene rings is 1. The topological polar surface area (TPSA) is 35.2 Å². The molecule has 0 radical (unpaired) electrons. The fourth-order valence-corrected chi connectivity index (χ4v) is 1.33. The van der Waals surface area contributed by atoms with Crippen molar-refractivity contribution in [3.63, 3.8) is 0 Å². The molecule has 0 spiro atoms. The van der Waals surface area contributed by atoms with Crippen molar-refractivity contribution in [1.82, 2.24) is 0 Å². The Morgan fingerprint density at radius 2 is 1.30 bits per heavy atom. The molecule has 0 aliphatic carbocycles. The van der Waals surface area contributed by atoms with Crippen LogP contribution in [0, 0.1) is 0 Å². The first-order valence-electron chi connectivity index (χ1n) is 5.44. The van der Waals surface area contributed by atoms with Crippen molar-refractivity contribution in [2.45, 2.75) is 30.7 Å². The normalized spacial score (nSPS) is 14.4. The predicted octanol–water partition coefficient (Wildman–Crippen LogP) is 4.54. The van der Waals surface area contributed by atoms with Gasteiger partial charge in [0.05, 0.1) is 0 Å². The summed E-state index contributed by atoms with van der Waals surface area (Å²) in [6.45, 7) is 0. The van der Waals surface area contributed by atoms with Crippen LogP contribution in [-0.2, 0) is 0 Å². The first kappa shape index (κ1) is 21.6. The van der Waals surface area contributed by atoms with Crippen molar-refractivity contribution < 1.29 is 44.3 Å².